The summed E-state index contributed by atoms with van der Waals surface area (Å²) < 4.78 is 43.8. The average Bonchev–Trinajstić information content (AvgIpc) is 3.79. The summed E-state index contributed by atoms with van der Waals surface area (Å²) in [7, 11) is 0. The SMILES string of the molecule is Cc1c(-c2nc3cc(CC4CCCN4C(=O)O)c(OC(F)F)cc3o2)cccc1-c1cccc(-c2nc3c(o2)CCNC3)c1C#N. The molecule has 12 heteroatoms. The topological polar surface area (TPSA) is 138 Å². The highest BCUT2D eigenvalue weighted by atomic mass is 19.3. The number of nitrogens with zero attached hydrogens (tertiary/aromatic N) is 4. The van der Waals surface area contributed by atoms with Crippen LogP contribution in [0.1, 0.15) is 41.0 Å². The molecular weight excluding hydrogens is 596 g/mol. The summed E-state index contributed by atoms with van der Waals surface area (Å²) in [5.74, 6) is 1.42. The normalized spacial score (nSPS) is 16.2. The van der Waals surface area contributed by atoms with Crippen molar-refractivity contribution < 1.29 is 32.3 Å². The Kier molecular flexibility index (Phi) is 7.62. The number of benzene rings is 3. The molecule has 1 saturated heterocycles. The summed E-state index contributed by atoms with van der Waals surface area (Å²) in [6.07, 6.45) is 1.21. The minimum absolute atomic E-state index is 0.0765. The molecule has 0 bridgehead atoms. The molecule has 7 rings (SSSR count). The lowest BCUT2D eigenvalue weighted by molar-refractivity contribution is -0.0505. The second-order valence-electron chi connectivity index (χ2n) is 11.4. The van der Waals surface area contributed by atoms with Gasteiger partial charge in [-0.2, -0.15) is 14.0 Å². The summed E-state index contributed by atoms with van der Waals surface area (Å²) >= 11 is 0. The number of nitriles is 1. The fourth-order valence-corrected chi connectivity index (χ4v) is 6.51. The van der Waals surface area contributed by atoms with Gasteiger partial charge in [0.25, 0.3) is 0 Å². The fourth-order valence-electron chi connectivity index (χ4n) is 6.51. The minimum Gasteiger partial charge on any atom is -0.465 e. The molecule has 2 aromatic heterocycles. The van der Waals surface area contributed by atoms with Crippen molar-refractivity contribution in [3.8, 4) is 45.9 Å². The highest BCUT2D eigenvalue weighted by Crippen LogP contribution is 2.39. The van der Waals surface area contributed by atoms with Crippen molar-refractivity contribution in [3.63, 3.8) is 0 Å². The molecule has 5 aromatic rings. The first kappa shape index (κ1) is 29.4. The number of hydrogen-bond donors (Lipinski definition) is 2. The Labute approximate surface area is 262 Å². The van der Waals surface area contributed by atoms with Crippen LogP contribution in [0.15, 0.2) is 57.4 Å². The van der Waals surface area contributed by atoms with Crippen molar-refractivity contribution in [1.82, 2.24) is 20.2 Å². The molecule has 2 aliphatic rings. The summed E-state index contributed by atoms with van der Waals surface area (Å²) in [6, 6.07) is 16.1. The van der Waals surface area contributed by atoms with E-state index in [0.29, 0.717) is 65.2 Å². The number of alkyl halides is 2. The van der Waals surface area contributed by atoms with Crippen LogP contribution in [0.2, 0.25) is 0 Å². The number of likely N-dealkylation sites (tertiary alicyclic amines) is 1. The van der Waals surface area contributed by atoms with E-state index in [-0.39, 0.29) is 29.7 Å². The summed E-state index contributed by atoms with van der Waals surface area (Å²) in [4.78, 5) is 22.4. The zero-order chi connectivity index (χ0) is 31.9. The molecule has 4 heterocycles. The second kappa shape index (κ2) is 11.9. The molecule has 1 unspecified atom stereocenters. The summed E-state index contributed by atoms with van der Waals surface area (Å²) in [5, 5.41) is 23.1. The molecule has 0 radical (unpaired) electrons. The largest absolute Gasteiger partial charge is 0.465 e. The standard InChI is InChI=1S/C34H29F2N5O5/c1-18-21(23-8-3-9-24(25(23)16-37)32-40-27-17-38-11-10-28(27)44-32)6-2-7-22(18)31-39-26-14-19(13-20-5-4-12-41(20)34(42)43)29(46-33(35)36)15-30(26)45-31/h2-3,6-9,14-15,20,33,38H,4-5,10-13,17H2,1H3,(H,42,43). The van der Waals surface area contributed by atoms with Crippen LogP contribution in [0.3, 0.4) is 0 Å². The van der Waals surface area contributed by atoms with Gasteiger partial charge in [-0.05, 0) is 61.1 Å². The first-order valence-electron chi connectivity index (χ1n) is 15.0. The van der Waals surface area contributed by atoms with Gasteiger partial charge in [0.1, 0.15) is 23.1 Å². The Morgan fingerprint density at radius 1 is 1.13 bits per heavy atom. The molecule has 2 N–H and O–H groups in total. The van der Waals surface area contributed by atoms with Crippen LogP contribution in [0, 0.1) is 18.3 Å². The molecule has 0 aliphatic carbocycles. The number of hydrogen-bond acceptors (Lipinski definition) is 8. The quantitative estimate of drug-likeness (QED) is 0.197. The maximum Gasteiger partial charge on any atom is 0.407 e. The lowest BCUT2D eigenvalue weighted by Gasteiger charge is -2.22. The van der Waals surface area contributed by atoms with Gasteiger partial charge in [0.05, 0.1) is 16.8 Å². The van der Waals surface area contributed by atoms with E-state index in [2.05, 4.69) is 16.4 Å². The van der Waals surface area contributed by atoms with Gasteiger partial charge >= 0.3 is 12.7 Å². The molecule has 1 fully saturated rings. The van der Waals surface area contributed by atoms with Crippen molar-refractivity contribution in [1.29, 1.82) is 5.26 Å². The van der Waals surface area contributed by atoms with Gasteiger partial charge in [-0.25, -0.2) is 14.8 Å². The molecule has 1 atom stereocenters. The van der Waals surface area contributed by atoms with Crippen LogP contribution >= 0.6 is 0 Å². The van der Waals surface area contributed by atoms with Crippen molar-refractivity contribution in [2.24, 2.45) is 0 Å². The zero-order valence-electron chi connectivity index (χ0n) is 24.8. The number of amides is 1. The first-order chi connectivity index (χ1) is 22.3. The number of carboxylic acid groups (broad SMARTS) is 1. The van der Waals surface area contributed by atoms with Crippen LogP contribution < -0.4 is 10.1 Å². The highest BCUT2D eigenvalue weighted by Gasteiger charge is 2.30. The van der Waals surface area contributed by atoms with E-state index >= 15 is 0 Å². The average molecular weight is 626 g/mol. The Bertz CT molecular complexity index is 1990. The number of carbonyl (C=O) groups is 1. The van der Waals surface area contributed by atoms with E-state index in [9.17, 15) is 23.9 Å². The Hall–Kier alpha value is -5.28. The van der Waals surface area contributed by atoms with E-state index in [0.717, 1.165) is 35.5 Å². The molecule has 0 spiro atoms. The van der Waals surface area contributed by atoms with Crippen molar-refractivity contribution in [2.75, 3.05) is 13.1 Å². The highest BCUT2D eigenvalue weighted by molar-refractivity contribution is 5.85. The van der Waals surface area contributed by atoms with Crippen molar-refractivity contribution in [2.45, 2.75) is 51.8 Å². The predicted octanol–water partition coefficient (Wildman–Crippen LogP) is 6.93. The van der Waals surface area contributed by atoms with Crippen molar-refractivity contribution >= 4 is 17.2 Å². The maximum absolute atomic E-state index is 13.4. The molecule has 10 nitrogen and oxygen atoms in total. The lowest BCUT2D eigenvalue weighted by atomic mass is 9.91. The first-order valence-corrected chi connectivity index (χ1v) is 15.0. The number of aromatic nitrogens is 2. The third-order valence-electron chi connectivity index (χ3n) is 8.73. The number of nitrogens with one attached hydrogen (secondary N) is 1. The molecule has 3 aromatic carbocycles. The van der Waals surface area contributed by atoms with E-state index in [1.165, 1.54) is 11.0 Å². The van der Waals surface area contributed by atoms with Crippen LogP contribution in [-0.2, 0) is 19.4 Å². The van der Waals surface area contributed by atoms with Crippen molar-refractivity contribution in [3.05, 3.63) is 76.7 Å². The van der Waals surface area contributed by atoms with Crippen LogP contribution in [0.5, 0.6) is 5.75 Å². The smallest absolute Gasteiger partial charge is 0.407 e. The van der Waals surface area contributed by atoms with Gasteiger partial charge < -0.3 is 28.9 Å². The third-order valence-corrected chi connectivity index (χ3v) is 8.73. The number of oxazole rings is 2. The Morgan fingerprint density at radius 3 is 2.65 bits per heavy atom. The van der Waals surface area contributed by atoms with E-state index in [1.54, 1.807) is 6.07 Å². The van der Waals surface area contributed by atoms with Gasteiger partial charge in [-0.3, -0.25) is 0 Å². The molecule has 2 aliphatic heterocycles. The molecule has 234 valence electrons. The van der Waals surface area contributed by atoms with Crippen LogP contribution in [-0.4, -0.2) is 51.8 Å². The van der Waals surface area contributed by atoms with E-state index in [1.807, 2.05) is 43.3 Å². The maximum atomic E-state index is 13.4. The Morgan fingerprint density at radius 2 is 1.89 bits per heavy atom. The summed E-state index contributed by atoms with van der Waals surface area (Å²) in [5.41, 5.74) is 5.91. The minimum atomic E-state index is -3.07. The third kappa shape index (κ3) is 5.32. The lowest BCUT2D eigenvalue weighted by Crippen LogP contribution is -2.35. The molecule has 1 amide bonds. The molecule has 0 saturated carbocycles. The van der Waals surface area contributed by atoms with Gasteiger partial charge in [0.2, 0.25) is 11.8 Å². The van der Waals surface area contributed by atoms with Gasteiger partial charge in [-0.1, -0.05) is 24.3 Å². The number of ether oxygens (including phenoxy) is 1. The zero-order valence-corrected chi connectivity index (χ0v) is 24.8. The van der Waals surface area contributed by atoms with E-state index in [4.69, 9.17) is 18.6 Å². The van der Waals surface area contributed by atoms with Crippen LogP contribution in [0.25, 0.3) is 45.1 Å². The predicted molar refractivity (Wildman–Crippen MR) is 163 cm³/mol. The van der Waals surface area contributed by atoms with E-state index < -0.39 is 12.7 Å². The fraction of sp³-hybridized carbons (Fsp3) is 0.294. The monoisotopic (exact) mass is 625 g/mol. The second-order valence-corrected chi connectivity index (χ2v) is 11.4. The number of halogens is 2. The number of fused-ring (bicyclic) bond motifs is 2. The van der Waals surface area contributed by atoms with Crippen LogP contribution in [0.4, 0.5) is 13.6 Å². The Balaban J connectivity index is 1.27. The molecular formula is C34H29F2N5O5. The van der Waals surface area contributed by atoms with Gasteiger partial charge in [-0.15, -0.1) is 0 Å². The van der Waals surface area contributed by atoms with Gasteiger partial charge in [0, 0.05) is 49.3 Å². The summed E-state index contributed by atoms with van der Waals surface area (Å²) in [6.45, 7) is 0.649. The van der Waals surface area contributed by atoms with Gasteiger partial charge in [0.15, 0.2) is 5.58 Å². The number of rotatable bonds is 7. The molecule has 46 heavy (non-hydrogen) atoms.